The molecule has 0 radical (unpaired) electrons. The van der Waals surface area contributed by atoms with E-state index in [0.717, 1.165) is 0 Å². The molecule has 1 aliphatic heterocycles. The van der Waals surface area contributed by atoms with Gasteiger partial charge in [0, 0.05) is 18.2 Å². The Morgan fingerprint density at radius 3 is 2.48 bits per heavy atom. The molecule has 1 heterocycles. The second-order valence-corrected chi connectivity index (χ2v) is 9.19. The third-order valence-corrected chi connectivity index (χ3v) is 6.69. The van der Waals surface area contributed by atoms with Gasteiger partial charge in [-0.2, -0.15) is 0 Å². The summed E-state index contributed by atoms with van der Waals surface area (Å²) in [7, 11) is -6.98. The van der Waals surface area contributed by atoms with Crippen LogP contribution in [-0.2, 0) is 19.9 Å². The van der Waals surface area contributed by atoms with Crippen LogP contribution in [0.2, 0.25) is 0 Å². The molecule has 2 rings (SSSR count). The van der Waals surface area contributed by atoms with Crippen LogP contribution in [0.3, 0.4) is 0 Å². The maximum absolute atomic E-state index is 12.2. The van der Waals surface area contributed by atoms with E-state index < -0.39 is 25.9 Å². The van der Waals surface area contributed by atoms with E-state index in [1.807, 2.05) is 0 Å². The van der Waals surface area contributed by atoms with E-state index in [4.69, 9.17) is 0 Å². The van der Waals surface area contributed by atoms with Crippen LogP contribution in [0, 0.1) is 0 Å². The first kappa shape index (κ1) is 17.6. The van der Waals surface area contributed by atoms with Crippen molar-refractivity contribution in [1.29, 1.82) is 0 Å². The quantitative estimate of drug-likeness (QED) is 0.699. The van der Waals surface area contributed by atoms with Crippen LogP contribution < -0.4 is 10.0 Å². The third-order valence-electron chi connectivity index (χ3n) is 3.39. The largest absolute Gasteiger partial charge is 0.349 e. The number of rotatable bonds is 6. The van der Waals surface area contributed by atoms with Crippen LogP contribution in [0.1, 0.15) is 16.8 Å². The van der Waals surface area contributed by atoms with Crippen LogP contribution in [0.25, 0.3) is 0 Å². The molecule has 1 aromatic rings. The lowest BCUT2D eigenvalue weighted by Crippen LogP contribution is -2.35. The Morgan fingerprint density at radius 1 is 1.30 bits per heavy atom. The number of benzene rings is 1. The van der Waals surface area contributed by atoms with Crippen molar-refractivity contribution in [3.8, 4) is 0 Å². The average Bonchev–Trinajstić information content (AvgIpc) is 2.83. The van der Waals surface area contributed by atoms with E-state index in [2.05, 4.69) is 16.6 Å². The fourth-order valence-electron chi connectivity index (χ4n) is 2.23. The zero-order valence-electron chi connectivity index (χ0n) is 12.4. The lowest BCUT2D eigenvalue weighted by atomic mass is 10.2. The van der Waals surface area contributed by atoms with Gasteiger partial charge in [-0.1, -0.05) is 6.08 Å². The predicted octanol–water partition coefficient (Wildman–Crippen LogP) is 0.0678. The van der Waals surface area contributed by atoms with Crippen molar-refractivity contribution in [2.24, 2.45) is 0 Å². The first-order valence-corrected chi connectivity index (χ1v) is 10.3. The number of sulfonamides is 1. The molecule has 1 amide bonds. The molecule has 1 aliphatic rings. The number of sulfone groups is 1. The minimum absolute atomic E-state index is 0.0113. The summed E-state index contributed by atoms with van der Waals surface area (Å²) >= 11 is 0. The lowest BCUT2D eigenvalue weighted by Gasteiger charge is -2.12. The minimum atomic E-state index is -3.82. The summed E-state index contributed by atoms with van der Waals surface area (Å²) < 4.78 is 49.6. The summed E-state index contributed by atoms with van der Waals surface area (Å²) in [5.74, 6) is -0.527. The van der Waals surface area contributed by atoms with Gasteiger partial charge in [-0.25, -0.2) is 21.6 Å². The molecule has 0 spiro atoms. The fourth-order valence-corrected chi connectivity index (χ4v) is 5.28. The molecule has 1 unspecified atom stereocenters. The maximum Gasteiger partial charge on any atom is 0.251 e. The molecular weight excluding hydrogens is 340 g/mol. The van der Waals surface area contributed by atoms with Gasteiger partial charge in [0.15, 0.2) is 9.84 Å². The molecule has 0 bridgehead atoms. The van der Waals surface area contributed by atoms with E-state index >= 15 is 0 Å². The first-order chi connectivity index (χ1) is 10.7. The molecule has 1 atom stereocenters. The number of carbonyl (C=O) groups is 1. The van der Waals surface area contributed by atoms with Crippen molar-refractivity contribution in [3.05, 3.63) is 42.5 Å². The Kier molecular flexibility index (Phi) is 5.23. The second kappa shape index (κ2) is 6.81. The molecule has 1 fully saturated rings. The van der Waals surface area contributed by atoms with Crippen LogP contribution in [-0.4, -0.2) is 46.8 Å². The van der Waals surface area contributed by atoms with Gasteiger partial charge in [0.05, 0.1) is 16.4 Å². The van der Waals surface area contributed by atoms with Crippen molar-refractivity contribution < 1.29 is 21.6 Å². The van der Waals surface area contributed by atoms with E-state index in [0.29, 0.717) is 12.1 Å². The van der Waals surface area contributed by atoms with Gasteiger partial charge < -0.3 is 5.32 Å². The monoisotopic (exact) mass is 358 g/mol. The van der Waals surface area contributed by atoms with Gasteiger partial charge in [0.2, 0.25) is 10.0 Å². The minimum Gasteiger partial charge on any atom is -0.349 e. The van der Waals surface area contributed by atoms with Gasteiger partial charge in [0.25, 0.3) is 5.91 Å². The van der Waals surface area contributed by atoms with E-state index in [1.165, 1.54) is 30.3 Å². The van der Waals surface area contributed by atoms with Crippen molar-refractivity contribution >= 4 is 25.8 Å². The van der Waals surface area contributed by atoms with Gasteiger partial charge in [-0.3, -0.25) is 4.79 Å². The molecule has 0 aliphatic carbocycles. The van der Waals surface area contributed by atoms with Crippen LogP contribution in [0.4, 0.5) is 0 Å². The molecule has 0 aromatic heterocycles. The predicted molar refractivity (Wildman–Crippen MR) is 86.4 cm³/mol. The van der Waals surface area contributed by atoms with Gasteiger partial charge >= 0.3 is 0 Å². The van der Waals surface area contributed by atoms with Crippen molar-refractivity contribution in [2.75, 3.05) is 18.1 Å². The SMILES string of the molecule is C=CCNC(=O)c1ccc(S(=O)(=O)NC2CCS(=O)(=O)C2)cc1. The topological polar surface area (TPSA) is 109 Å². The average molecular weight is 358 g/mol. The van der Waals surface area contributed by atoms with Crippen LogP contribution in [0.15, 0.2) is 41.8 Å². The summed E-state index contributed by atoms with van der Waals surface area (Å²) in [6.07, 6.45) is 1.81. The summed E-state index contributed by atoms with van der Waals surface area (Å²) in [6, 6.07) is 4.82. The Hall–Kier alpha value is -1.71. The Labute approximate surface area is 135 Å². The Balaban J connectivity index is 2.08. The molecule has 2 N–H and O–H groups in total. The van der Waals surface area contributed by atoms with E-state index in [1.54, 1.807) is 0 Å². The highest BCUT2D eigenvalue weighted by Crippen LogP contribution is 2.16. The summed E-state index contributed by atoms with van der Waals surface area (Å²) in [5.41, 5.74) is 0.328. The highest BCUT2D eigenvalue weighted by molar-refractivity contribution is 7.92. The zero-order valence-corrected chi connectivity index (χ0v) is 14.0. The van der Waals surface area contributed by atoms with Gasteiger partial charge in [-0.05, 0) is 30.7 Å². The number of amides is 1. The van der Waals surface area contributed by atoms with Gasteiger partial charge in [0.1, 0.15) is 0 Å². The van der Waals surface area contributed by atoms with E-state index in [-0.39, 0.29) is 28.7 Å². The van der Waals surface area contributed by atoms with Gasteiger partial charge in [-0.15, -0.1) is 6.58 Å². The molecule has 126 valence electrons. The van der Waals surface area contributed by atoms with Crippen LogP contribution >= 0.6 is 0 Å². The zero-order chi connectivity index (χ0) is 17.1. The molecule has 9 heteroatoms. The number of nitrogens with one attached hydrogen (secondary N) is 2. The Bertz CT molecular complexity index is 798. The highest BCUT2D eigenvalue weighted by atomic mass is 32.2. The molecule has 1 saturated heterocycles. The normalized spacial score (nSPS) is 20.1. The number of hydrogen-bond donors (Lipinski definition) is 2. The maximum atomic E-state index is 12.2. The van der Waals surface area contributed by atoms with Crippen LogP contribution in [0.5, 0.6) is 0 Å². The third kappa shape index (κ3) is 4.63. The number of carbonyl (C=O) groups excluding carboxylic acids is 1. The van der Waals surface area contributed by atoms with Crippen molar-refractivity contribution in [3.63, 3.8) is 0 Å². The highest BCUT2D eigenvalue weighted by Gasteiger charge is 2.31. The first-order valence-electron chi connectivity index (χ1n) is 6.95. The molecule has 23 heavy (non-hydrogen) atoms. The lowest BCUT2D eigenvalue weighted by molar-refractivity contribution is 0.0958. The molecular formula is C14H18N2O5S2. The molecule has 1 aromatic carbocycles. The fraction of sp³-hybridized carbons (Fsp3) is 0.357. The van der Waals surface area contributed by atoms with Crippen molar-refractivity contribution in [2.45, 2.75) is 17.4 Å². The number of hydrogen-bond acceptors (Lipinski definition) is 5. The Morgan fingerprint density at radius 2 is 1.96 bits per heavy atom. The standard InChI is InChI=1S/C14H18N2O5S2/c1-2-8-15-14(17)11-3-5-13(6-4-11)23(20,21)16-12-7-9-22(18,19)10-12/h2-6,12,16H,1,7-10H2,(H,15,17). The van der Waals surface area contributed by atoms with Crippen molar-refractivity contribution in [1.82, 2.24) is 10.0 Å². The molecule has 0 saturated carbocycles. The summed E-state index contributed by atoms with van der Waals surface area (Å²) in [6.45, 7) is 3.80. The molecule has 7 nitrogen and oxygen atoms in total. The second-order valence-electron chi connectivity index (χ2n) is 5.24. The summed E-state index contributed by atoms with van der Waals surface area (Å²) in [5, 5.41) is 2.59. The van der Waals surface area contributed by atoms with E-state index in [9.17, 15) is 21.6 Å². The summed E-state index contributed by atoms with van der Waals surface area (Å²) in [4.78, 5) is 11.7. The smallest absolute Gasteiger partial charge is 0.251 e.